The van der Waals surface area contributed by atoms with Gasteiger partial charge in [0.15, 0.2) is 0 Å². The third-order valence-electron chi connectivity index (χ3n) is 1.68. The van der Waals surface area contributed by atoms with Gasteiger partial charge in [-0.15, -0.1) is 0 Å². The summed E-state index contributed by atoms with van der Waals surface area (Å²) in [6, 6.07) is 0. The van der Waals surface area contributed by atoms with Crippen molar-refractivity contribution in [2.24, 2.45) is 4.99 Å². The Hall–Kier alpha value is -2.04. The van der Waals surface area contributed by atoms with Crippen molar-refractivity contribution >= 4 is 12.2 Å². The molecule has 5 nitrogen and oxygen atoms in total. The number of nitrogens with zero attached hydrogens (tertiary/aromatic N) is 2. The van der Waals surface area contributed by atoms with Crippen molar-refractivity contribution in [3.05, 3.63) is 35.9 Å². The second-order valence-corrected chi connectivity index (χ2v) is 2.55. The van der Waals surface area contributed by atoms with Crippen LogP contribution >= 0.6 is 0 Å². The monoisotopic (exact) mass is 177 g/mol. The first-order valence-electron chi connectivity index (χ1n) is 3.68. The van der Waals surface area contributed by atoms with Crippen LogP contribution in [0.3, 0.4) is 0 Å². The van der Waals surface area contributed by atoms with Crippen LogP contribution in [0.1, 0.15) is 0 Å². The van der Waals surface area contributed by atoms with Crippen LogP contribution in [0.15, 0.2) is 40.9 Å². The van der Waals surface area contributed by atoms with Gasteiger partial charge in [0.2, 0.25) is 0 Å². The lowest BCUT2D eigenvalue weighted by Crippen LogP contribution is -2.23. The molecule has 0 spiro atoms. The minimum atomic E-state index is -0.993. The highest BCUT2D eigenvalue weighted by molar-refractivity contribution is 6.08. The molecule has 2 heterocycles. The van der Waals surface area contributed by atoms with E-state index in [1.165, 1.54) is 12.4 Å². The second kappa shape index (κ2) is 2.78. The fourth-order valence-corrected chi connectivity index (χ4v) is 1.05. The van der Waals surface area contributed by atoms with Crippen LogP contribution in [0.2, 0.25) is 0 Å². The van der Waals surface area contributed by atoms with Crippen molar-refractivity contribution in [1.29, 1.82) is 0 Å². The van der Waals surface area contributed by atoms with Crippen LogP contribution in [-0.2, 0) is 4.79 Å². The standard InChI is InChI=1S/C8H7N3O2/c12-8(13)6-3-9-4-7-1-2-10-11(7)5-6/h1-5,10H,(H,12,13). The molecule has 66 valence electrons. The number of carboxylic acid groups (broad SMARTS) is 1. The fourth-order valence-electron chi connectivity index (χ4n) is 1.05. The summed E-state index contributed by atoms with van der Waals surface area (Å²) in [6.07, 6.45) is 7.89. The van der Waals surface area contributed by atoms with Crippen LogP contribution in [0.4, 0.5) is 0 Å². The van der Waals surface area contributed by atoms with Crippen LogP contribution in [-0.4, -0.2) is 22.3 Å². The molecule has 2 rings (SSSR count). The largest absolute Gasteiger partial charge is 0.478 e. The normalized spacial score (nSPS) is 18.6. The second-order valence-electron chi connectivity index (χ2n) is 2.55. The Balaban J connectivity index is 2.34. The van der Waals surface area contributed by atoms with Crippen molar-refractivity contribution in [1.82, 2.24) is 10.4 Å². The molecule has 0 amide bonds. The number of aliphatic imine (C=N–C) groups is 1. The lowest BCUT2D eigenvalue weighted by molar-refractivity contribution is -0.132. The summed E-state index contributed by atoms with van der Waals surface area (Å²) in [5.41, 5.74) is 3.80. The number of hydrogen-bond acceptors (Lipinski definition) is 4. The Labute approximate surface area is 74.3 Å². The first-order valence-corrected chi connectivity index (χ1v) is 3.68. The van der Waals surface area contributed by atoms with E-state index in [-0.39, 0.29) is 5.57 Å². The first-order chi connectivity index (χ1) is 6.27. The Morgan fingerprint density at radius 3 is 3.23 bits per heavy atom. The minimum Gasteiger partial charge on any atom is -0.478 e. The van der Waals surface area contributed by atoms with E-state index in [1.807, 2.05) is 0 Å². The number of hydrazine groups is 1. The lowest BCUT2D eigenvalue weighted by atomic mass is 10.3. The molecule has 0 bridgehead atoms. The Bertz CT molecular complexity index is 366. The van der Waals surface area contributed by atoms with Gasteiger partial charge in [0.05, 0.1) is 17.5 Å². The van der Waals surface area contributed by atoms with Gasteiger partial charge in [0, 0.05) is 18.6 Å². The smallest absolute Gasteiger partial charge is 0.338 e. The highest BCUT2D eigenvalue weighted by Crippen LogP contribution is 2.13. The molecule has 2 aliphatic rings. The van der Waals surface area contributed by atoms with Gasteiger partial charge in [0.25, 0.3) is 0 Å². The van der Waals surface area contributed by atoms with Crippen molar-refractivity contribution < 1.29 is 9.90 Å². The van der Waals surface area contributed by atoms with Gasteiger partial charge in [0.1, 0.15) is 0 Å². The third-order valence-corrected chi connectivity index (χ3v) is 1.68. The molecular weight excluding hydrogens is 170 g/mol. The first kappa shape index (κ1) is 7.60. The Morgan fingerprint density at radius 2 is 2.46 bits per heavy atom. The number of aliphatic carboxylic acids is 1. The van der Waals surface area contributed by atoms with Crippen LogP contribution < -0.4 is 5.43 Å². The lowest BCUT2D eigenvalue weighted by Gasteiger charge is -2.13. The third kappa shape index (κ3) is 1.31. The van der Waals surface area contributed by atoms with Gasteiger partial charge < -0.3 is 10.5 Å². The summed E-state index contributed by atoms with van der Waals surface area (Å²) in [5.74, 6) is -0.993. The highest BCUT2D eigenvalue weighted by atomic mass is 16.4. The highest BCUT2D eigenvalue weighted by Gasteiger charge is 2.14. The van der Waals surface area contributed by atoms with Crippen molar-refractivity contribution in [3.63, 3.8) is 0 Å². The molecule has 0 aromatic rings. The SMILES string of the molecule is O=C(O)C1=CN2NC=CC2=CN=C1. The van der Waals surface area contributed by atoms with E-state index in [0.717, 1.165) is 5.70 Å². The minimum absolute atomic E-state index is 0.141. The average molecular weight is 177 g/mol. The molecule has 0 aromatic heterocycles. The molecule has 0 fully saturated rings. The summed E-state index contributed by atoms with van der Waals surface area (Å²) in [7, 11) is 0. The van der Waals surface area contributed by atoms with Gasteiger partial charge in [-0.25, -0.2) is 4.79 Å². The molecule has 0 unspecified atom stereocenters. The van der Waals surface area contributed by atoms with Gasteiger partial charge in [-0.05, 0) is 6.08 Å². The molecule has 13 heavy (non-hydrogen) atoms. The number of fused-ring (bicyclic) bond motifs is 1. The van der Waals surface area contributed by atoms with Crippen LogP contribution in [0.5, 0.6) is 0 Å². The van der Waals surface area contributed by atoms with E-state index in [9.17, 15) is 4.79 Å². The summed E-state index contributed by atoms with van der Waals surface area (Å²) < 4.78 is 0. The maximum absolute atomic E-state index is 10.6. The van der Waals surface area contributed by atoms with Crippen molar-refractivity contribution in [2.45, 2.75) is 0 Å². The molecule has 2 N–H and O–H groups in total. The summed E-state index contributed by atoms with van der Waals surface area (Å²) >= 11 is 0. The average Bonchev–Trinajstić information content (AvgIpc) is 2.42. The fraction of sp³-hybridized carbons (Fsp3) is 0. The number of rotatable bonds is 1. The van der Waals surface area contributed by atoms with Crippen LogP contribution in [0, 0.1) is 0 Å². The number of hydrogen-bond donors (Lipinski definition) is 2. The molecule has 0 aromatic carbocycles. The van der Waals surface area contributed by atoms with Crippen molar-refractivity contribution in [2.75, 3.05) is 0 Å². The zero-order valence-electron chi connectivity index (χ0n) is 6.64. The Morgan fingerprint density at radius 1 is 1.62 bits per heavy atom. The summed E-state index contributed by atoms with van der Waals surface area (Å²) in [4.78, 5) is 14.5. The predicted octanol–water partition coefficient (Wildman–Crippen LogP) is 0.215. The van der Waals surface area contributed by atoms with E-state index < -0.39 is 5.97 Å². The zero-order chi connectivity index (χ0) is 9.26. The maximum Gasteiger partial charge on any atom is 0.338 e. The Kier molecular flexibility index (Phi) is 1.63. The zero-order valence-corrected chi connectivity index (χ0v) is 6.64. The number of carbonyl (C=O) groups is 1. The molecule has 5 heteroatoms. The van der Waals surface area contributed by atoms with Gasteiger partial charge in [-0.1, -0.05) is 0 Å². The number of carboxylic acids is 1. The molecule has 0 atom stereocenters. The predicted molar refractivity (Wildman–Crippen MR) is 46.4 cm³/mol. The quantitative estimate of drug-likeness (QED) is 0.601. The molecular formula is C8H7N3O2. The maximum atomic E-state index is 10.6. The topological polar surface area (TPSA) is 64.9 Å². The number of allylic oxidation sites excluding steroid dienone is 1. The summed E-state index contributed by atoms with van der Waals surface area (Å²) in [5, 5.41) is 10.3. The molecule has 0 saturated heterocycles. The van der Waals surface area contributed by atoms with Crippen molar-refractivity contribution in [3.8, 4) is 0 Å². The molecule has 0 radical (unpaired) electrons. The molecule has 0 saturated carbocycles. The van der Waals surface area contributed by atoms with E-state index >= 15 is 0 Å². The van der Waals surface area contributed by atoms with Gasteiger partial charge in [-0.3, -0.25) is 10.0 Å². The van der Waals surface area contributed by atoms with E-state index in [2.05, 4.69) is 10.4 Å². The van der Waals surface area contributed by atoms with Crippen LogP contribution in [0.25, 0.3) is 0 Å². The molecule has 0 aliphatic carbocycles. The van der Waals surface area contributed by atoms with Gasteiger partial charge in [-0.2, -0.15) is 0 Å². The molecule has 2 aliphatic heterocycles. The summed E-state index contributed by atoms with van der Waals surface area (Å²) in [6.45, 7) is 0. The van der Waals surface area contributed by atoms with E-state index in [0.29, 0.717) is 0 Å². The number of nitrogens with one attached hydrogen (secondary N) is 1. The van der Waals surface area contributed by atoms with Gasteiger partial charge >= 0.3 is 5.97 Å². The van der Waals surface area contributed by atoms with E-state index in [1.54, 1.807) is 23.5 Å². The van der Waals surface area contributed by atoms with E-state index in [4.69, 9.17) is 5.11 Å².